The number of carbonyl (C=O) groups is 1. The van der Waals surface area contributed by atoms with Gasteiger partial charge in [-0.2, -0.15) is 0 Å². The first-order chi connectivity index (χ1) is 14.0. The van der Waals surface area contributed by atoms with Crippen molar-refractivity contribution in [3.05, 3.63) is 11.1 Å². The number of aliphatic hydroxyl groups is 1. The van der Waals surface area contributed by atoms with E-state index in [4.69, 9.17) is 4.74 Å². The Morgan fingerprint density at radius 3 is 2.33 bits per heavy atom. The smallest absolute Gasteiger partial charge is 0.335 e. The summed E-state index contributed by atoms with van der Waals surface area (Å²) in [5.41, 5.74) is 2.66. The zero-order valence-electron chi connectivity index (χ0n) is 20.0. The predicted octanol–water partition coefficient (Wildman–Crippen LogP) is 6.05. The van der Waals surface area contributed by atoms with Crippen LogP contribution in [-0.4, -0.2) is 23.3 Å². The molecule has 0 bridgehead atoms. The van der Waals surface area contributed by atoms with Crippen LogP contribution >= 0.6 is 0 Å². The van der Waals surface area contributed by atoms with Gasteiger partial charge in [0.25, 0.3) is 0 Å². The van der Waals surface area contributed by atoms with Crippen molar-refractivity contribution >= 4 is 5.97 Å². The normalized spacial score (nSPS) is 55.3. The lowest BCUT2D eigenvalue weighted by atomic mass is 9.35. The summed E-state index contributed by atoms with van der Waals surface area (Å²) in [5, 5.41) is 11.2. The second kappa shape index (κ2) is 6.36. The Kier molecular flexibility index (Phi) is 4.46. The number of ether oxygens (including phenoxy) is 1. The van der Waals surface area contributed by atoms with Gasteiger partial charge in [-0.25, -0.2) is 4.79 Å². The van der Waals surface area contributed by atoms with Crippen LogP contribution in [0, 0.1) is 39.4 Å². The van der Waals surface area contributed by atoms with Crippen molar-refractivity contribution in [2.45, 2.75) is 112 Å². The molecule has 4 aliphatic carbocycles. The molecule has 0 amide bonds. The second-order valence-corrected chi connectivity index (χ2v) is 12.7. The Bertz CT molecular complexity index is 800. The molecule has 6 unspecified atom stereocenters. The lowest BCUT2D eigenvalue weighted by Crippen LogP contribution is -2.62. The van der Waals surface area contributed by atoms with Crippen molar-refractivity contribution in [2.24, 2.45) is 39.4 Å². The number of cyclic esters (lactones) is 1. The lowest BCUT2D eigenvalue weighted by Gasteiger charge is -2.69. The molecule has 1 N–H and O–H groups in total. The Labute approximate surface area is 183 Å². The van der Waals surface area contributed by atoms with Crippen LogP contribution in [0.3, 0.4) is 0 Å². The first-order valence-corrected chi connectivity index (χ1v) is 12.6. The van der Waals surface area contributed by atoms with Crippen LogP contribution in [0.2, 0.25) is 0 Å². The van der Waals surface area contributed by atoms with Gasteiger partial charge in [-0.1, -0.05) is 47.5 Å². The maximum absolute atomic E-state index is 12.9. The molecular weight excluding hydrogens is 372 g/mol. The van der Waals surface area contributed by atoms with E-state index in [0.29, 0.717) is 22.7 Å². The molecule has 0 aromatic rings. The molecule has 0 aromatic heterocycles. The highest BCUT2D eigenvalue weighted by Gasteiger charge is 2.67. The third kappa shape index (κ3) is 2.39. The van der Waals surface area contributed by atoms with Crippen molar-refractivity contribution in [3.63, 3.8) is 0 Å². The van der Waals surface area contributed by atoms with E-state index in [1.165, 1.54) is 44.9 Å². The maximum atomic E-state index is 12.9. The van der Waals surface area contributed by atoms with Gasteiger partial charge >= 0.3 is 5.97 Å². The number of esters is 1. The highest BCUT2D eigenvalue weighted by Crippen LogP contribution is 2.73. The van der Waals surface area contributed by atoms with E-state index < -0.39 is 6.10 Å². The van der Waals surface area contributed by atoms with E-state index in [2.05, 4.69) is 34.6 Å². The van der Waals surface area contributed by atoms with Crippen molar-refractivity contribution in [2.75, 3.05) is 0 Å². The Morgan fingerprint density at radius 1 is 0.967 bits per heavy atom. The van der Waals surface area contributed by atoms with Gasteiger partial charge in [-0.05, 0) is 85.9 Å². The first kappa shape index (κ1) is 21.0. The fraction of sp³-hybridized carbons (Fsp3) is 0.889. The number of rotatable bonds is 1. The summed E-state index contributed by atoms with van der Waals surface area (Å²) in [5.74, 6) is 1.72. The molecule has 0 aromatic carbocycles. The third-order valence-corrected chi connectivity index (χ3v) is 11.6. The Hall–Kier alpha value is -0.830. The summed E-state index contributed by atoms with van der Waals surface area (Å²) in [4.78, 5) is 12.9. The third-order valence-electron chi connectivity index (χ3n) is 11.6. The van der Waals surface area contributed by atoms with Gasteiger partial charge in [-0.3, -0.25) is 0 Å². The van der Waals surface area contributed by atoms with Gasteiger partial charge in [0.05, 0.1) is 6.10 Å². The predicted molar refractivity (Wildman–Crippen MR) is 119 cm³/mol. The van der Waals surface area contributed by atoms with Crippen LogP contribution < -0.4 is 0 Å². The van der Waals surface area contributed by atoms with Crippen molar-refractivity contribution in [1.82, 2.24) is 0 Å². The maximum Gasteiger partial charge on any atom is 0.335 e. The fourth-order valence-corrected chi connectivity index (χ4v) is 10.1. The van der Waals surface area contributed by atoms with Gasteiger partial charge in [0, 0.05) is 16.6 Å². The minimum Gasteiger partial charge on any atom is -0.455 e. The highest BCUT2D eigenvalue weighted by atomic mass is 16.5. The van der Waals surface area contributed by atoms with Crippen LogP contribution in [-0.2, 0) is 9.53 Å². The van der Waals surface area contributed by atoms with Gasteiger partial charge in [-0.15, -0.1) is 0 Å². The van der Waals surface area contributed by atoms with Crippen molar-refractivity contribution in [3.8, 4) is 0 Å². The fourth-order valence-electron chi connectivity index (χ4n) is 10.1. The van der Waals surface area contributed by atoms with E-state index in [-0.39, 0.29) is 22.9 Å². The van der Waals surface area contributed by atoms with Crippen LogP contribution in [0.1, 0.15) is 99.3 Å². The molecule has 9 atom stereocenters. The summed E-state index contributed by atoms with van der Waals surface area (Å²) in [6.07, 6.45) is 10.2. The van der Waals surface area contributed by atoms with Gasteiger partial charge in [0.2, 0.25) is 0 Å². The minimum atomic E-state index is -0.520. The molecule has 1 aliphatic heterocycles. The quantitative estimate of drug-likeness (QED) is 0.531. The molecule has 0 spiro atoms. The number of hydrogen-bond donors (Lipinski definition) is 1. The Morgan fingerprint density at radius 2 is 1.63 bits per heavy atom. The molecule has 5 aliphatic rings. The summed E-state index contributed by atoms with van der Waals surface area (Å²) in [6, 6.07) is 0. The molecule has 0 saturated heterocycles. The molecule has 3 fully saturated rings. The summed E-state index contributed by atoms with van der Waals surface area (Å²) in [6.45, 7) is 14.4. The van der Waals surface area contributed by atoms with Crippen molar-refractivity contribution < 1.29 is 14.6 Å². The van der Waals surface area contributed by atoms with Crippen LogP contribution in [0.4, 0.5) is 0 Å². The monoisotopic (exact) mass is 414 g/mol. The van der Waals surface area contributed by atoms with E-state index in [0.717, 1.165) is 29.9 Å². The lowest BCUT2D eigenvalue weighted by molar-refractivity contribution is -0.195. The van der Waals surface area contributed by atoms with Gasteiger partial charge in [0.1, 0.15) is 6.10 Å². The topological polar surface area (TPSA) is 46.5 Å². The standard InChI is InChI=1S/C27H42O3/c1-7-24(3)11-8-12-25(4)18(24)9-13-26(5)19(25)10-14-27(6)20(26)15-17(28)21-16(2)30-23(29)22(21)27/h16-20,28H,7-15H2,1-6H3/t16?,17?,18?,19?,20?,24?,25-,26+,27-/m0/s1. The molecule has 1 heterocycles. The zero-order valence-corrected chi connectivity index (χ0v) is 20.0. The van der Waals surface area contributed by atoms with Crippen molar-refractivity contribution in [1.29, 1.82) is 0 Å². The summed E-state index contributed by atoms with van der Waals surface area (Å²) in [7, 11) is 0. The number of fused-ring (bicyclic) bond motifs is 6. The van der Waals surface area contributed by atoms with E-state index in [1.807, 2.05) is 6.92 Å². The Balaban J connectivity index is 1.58. The highest BCUT2D eigenvalue weighted by molar-refractivity contribution is 5.94. The number of aliphatic hydroxyl groups excluding tert-OH is 1. The first-order valence-electron chi connectivity index (χ1n) is 12.6. The van der Waals surface area contributed by atoms with Gasteiger partial charge < -0.3 is 9.84 Å². The van der Waals surface area contributed by atoms with Gasteiger partial charge in [0.15, 0.2) is 0 Å². The molecule has 0 radical (unpaired) electrons. The van der Waals surface area contributed by atoms with Crippen LogP contribution in [0.5, 0.6) is 0 Å². The SMILES string of the molecule is CCC1(C)CCC[C@@]2(C)C1CC[C@]1(C)C2CC[C@]2(C)C3=C(C(O)CC12)C(C)OC3=O. The molecule has 3 nitrogen and oxygen atoms in total. The summed E-state index contributed by atoms with van der Waals surface area (Å²) >= 11 is 0. The molecule has 3 heteroatoms. The van der Waals surface area contributed by atoms with E-state index in [9.17, 15) is 9.90 Å². The molecule has 5 rings (SSSR count). The average Bonchev–Trinajstić information content (AvgIpc) is 2.99. The molecule has 30 heavy (non-hydrogen) atoms. The average molecular weight is 415 g/mol. The second-order valence-electron chi connectivity index (χ2n) is 12.7. The number of hydrogen-bond acceptors (Lipinski definition) is 3. The van der Waals surface area contributed by atoms with E-state index >= 15 is 0 Å². The molecule has 168 valence electrons. The zero-order chi connectivity index (χ0) is 21.7. The summed E-state index contributed by atoms with van der Waals surface area (Å²) < 4.78 is 5.64. The minimum absolute atomic E-state index is 0.145. The van der Waals surface area contributed by atoms with Crippen LogP contribution in [0.25, 0.3) is 0 Å². The molecular formula is C27H42O3. The number of carbonyl (C=O) groups excluding carboxylic acids is 1. The largest absolute Gasteiger partial charge is 0.455 e. The van der Waals surface area contributed by atoms with Crippen LogP contribution in [0.15, 0.2) is 11.1 Å². The molecule has 3 saturated carbocycles. The van der Waals surface area contributed by atoms with E-state index in [1.54, 1.807) is 0 Å².